The topological polar surface area (TPSA) is 62.5 Å². The van der Waals surface area contributed by atoms with E-state index in [1.807, 2.05) is 11.0 Å². The second kappa shape index (κ2) is 6.52. The van der Waals surface area contributed by atoms with Crippen molar-refractivity contribution in [3.63, 3.8) is 0 Å². The highest BCUT2D eigenvalue weighted by Crippen LogP contribution is 2.07. The smallest absolute Gasteiger partial charge is 0.228 e. The van der Waals surface area contributed by atoms with Crippen molar-refractivity contribution in [2.24, 2.45) is 0 Å². The lowest BCUT2D eigenvalue weighted by Crippen LogP contribution is -2.49. The van der Waals surface area contributed by atoms with Crippen molar-refractivity contribution in [2.75, 3.05) is 38.5 Å². The quantitative estimate of drug-likeness (QED) is 0.870. The number of rotatable bonds is 4. The lowest BCUT2D eigenvalue weighted by atomic mass is 10.2. The highest BCUT2D eigenvalue weighted by Gasteiger charge is 2.20. The Labute approximate surface area is 114 Å². The van der Waals surface area contributed by atoms with Gasteiger partial charge in [0.05, 0.1) is 18.3 Å². The van der Waals surface area contributed by atoms with Gasteiger partial charge in [0.25, 0.3) is 0 Å². The van der Waals surface area contributed by atoms with E-state index in [0.717, 1.165) is 38.4 Å². The molecule has 19 heavy (non-hydrogen) atoms. The Balaban J connectivity index is 1.83. The van der Waals surface area contributed by atoms with Crippen molar-refractivity contribution >= 4 is 11.6 Å². The molecule has 1 fully saturated rings. The van der Waals surface area contributed by atoms with E-state index in [1.165, 1.54) is 6.42 Å². The van der Waals surface area contributed by atoms with Crippen molar-refractivity contribution in [2.45, 2.75) is 19.8 Å². The third-order valence-electron chi connectivity index (χ3n) is 3.44. The molecular formula is C14H22N4O. The van der Waals surface area contributed by atoms with Gasteiger partial charge >= 0.3 is 0 Å². The van der Waals surface area contributed by atoms with Gasteiger partial charge < -0.3 is 10.6 Å². The van der Waals surface area contributed by atoms with Gasteiger partial charge in [0.2, 0.25) is 5.91 Å². The second-order valence-electron chi connectivity index (χ2n) is 4.98. The van der Waals surface area contributed by atoms with Gasteiger partial charge in [-0.3, -0.25) is 14.7 Å². The van der Waals surface area contributed by atoms with Crippen LogP contribution in [0.15, 0.2) is 18.3 Å². The van der Waals surface area contributed by atoms with Crippen LogP contribution in [0.2, 0.25) is 0 Å². The molecule has 1 aliphatic rings. The maximum absolute atomic E-state index is 12.2. The number of carbonyl (C=O) groups excluding carboxylic acids is 1. The number of carbonyl (C=O) groups is 1. The molecule has 1 aromatic rings. The van der Waals surface area contributed by atoms with Gasteiger partial charge in [-0.25, -0.2) is 0 Å². The zero-order valence-corrected chi connectivity index (χ0v) is 11.5. The fourth-order valence-corrected chi connectivity index (χ4v) is 2.34. The average Bonchev–Trinajstić information content (AvgIpc) is 2.42. The van der Waals surface area contributed by atoms with Crippen molar-refractivity contribution in [1.82, 2.24) is 14.8 Å². The summed E-state index contributed by atoms with van der Waals surface area (Å²) >= 11 is 0. The van der Waals surface area contributed by atoms with Gasteiger partial charge in [-0.2, -0.15) is 0 Å². The normalized spacial score (nSPS) is 16.6. The number of aromatic nitrogens is 1. The molecule has 0 saturated carbocycles. The molecule has 0 bridgehead atoms. The summed E-state index contributed by atoms with van der Waals surface area (Å²) in [5.41, 5.74) is 7.00. The number of nitrogens with two attached hydrogens (primary N) is 1. The molecule has 2 rings (SSSR count). The Bertz CT molecular complexity index is 410. The summed E-state index contributed by atoms with van der Waals surface area (Å²) in [6.45, 7) is 6.93. The Morgan fingerprint density at radius 1 is 1.32 bits per heavy atom. The predicted octanol–water partition coefficient (Wildman–Crippen LogP) is 0.760. The molecule has 1 amide bonds. The molecule has 5 nitrogen and oxygen atoms in total. The van der Waals surface area contributed by atoms with Gasteiger partial charge in [0.1, 0.15) is 0 Å². The molecule has 1 aromatic heterocycles. The summed E-state index contributed by atoms with van der Waals surface area (Å²) in [5.74, 6) is 0.161. The Hall–Kier alpha value is -1.62. The summed E-state index contributed by atoms with van der Waals surface area (Å²) in [7, 11) is 0. The first-order chi connectivity index (χ1) is 9.19. The zero-order chi connectivity index (χ0) is 13.7. The SMILES string of the molecule is CCCN1CCN(C(=O)Cc2ccc(N)cn2)CC1. The Morgan fingerprint density at radius 2 is 2.05 bits per heavy atom. The third-order valence-corrected chi connectivity index (χ3v) is 3.44. The summed E-state index contributed by atoms with van der Waals surface area (Å²) in [6.07, 6.45) is 3.14. The zero-order valence-electron chi connectivity index (χ0n) is 11.5. The molecular weight excluding hydrogens is 240 g/mol. The molecule has 5 heteroatoms. The molecule has 0 aliphatic carbocycles. The molecule has 0 unspecified atom stereocenters. The minimum Gasteiger partial charge on any atom is -0.397 e. The summed E-state index contributed by atoms with van der Waals surface area (Å²) in [6, 6.07) is 3.61. The van der Waals surface area contributed by atoms with Crippen LogP contribution in [0.1, 0.15) is 19.0 Å². The first-order valence-electron chi connectivity index (χ1n) is 6.89. The molecule has 2 heterocycles. The molecule has 0 spiro atoms. The van der Waals surface area contributed by atoms with Crippen LogP contribution < -0.4 is 5.73 Å². The number of piperazine rings is 1. The molecule has 104 valence electrons. The van der Waals surface area contributed by atoms with Crippen LogP contribution in [-0.2, 0) is 11.2 Å². The number of hydrogen-bond donors (Lipinski definition) is 1. The first kappa shape index (κ1) is 13.8. The van der Waals surface area contributed by atoms with Crippen molar-refractivity contribution in [3.8, 4) is 0 Å². The number of nitrogens with zero attached hydrogens (tertiary/aromatic N) is 3. The van der Waals surface area contributed by atoms with Crippen molar-refractivity contribution < 1.29 is 4.79 Å². The third kappa shape index (κ3) is 3.92. The lowest BCUT2D eigenvalue weighted by molar-refractivity contribution is -0.132. The number of anilines is 1. The maximum atomic E-state index is 12.2. The number of hydrogen-bond acceptors (Lipinski definition) is 4. The lowest BCUT2D eigenvalue weighted by Gasteiger charge is -2.34. The van der Waals surface area contributed by atoms with E-state index < -0.39 is 0 Å². The van der Waals surface area contributed by atoms with Crippen LogP contribution in [-0.4, -0.2) is 53.4 Å². The van der Waals surface area contributed by atoms with Crippen LogP contribution >= 0.6 is 0 Å². The summed E-state index contributed by atoms with van der Waals surface area (Å²) in [4.78, 5) is 20.7. The van der Waals surface area contributed by atoms with Gasteiger partial charge in [-0.15, -0.1) is 0 Å². The molecule has 0 aromatic carbocycles. The molecule has 0 radical (unpaired) electrons. The number of amides is 1. The molecule has 1 aliphatic heterocycles. The maximum Gasteiger partial charge on any atom is 0.228 e. The molecule has 2 N–H and O–H groups in total. The van der Waals surface area contributed by atoms with E-state index >= 15 is 0 Å². The monoisotopic (exact) mass is 262 g/mol. The van der Waals surface area contributed by atoms with Crippen LogP contribution in [0.4, 0.5) is 5.69 Å². The molecule has 0 atom stereocenters. The fraction of sp³-hybridized carbons (Fsp3) is 0.571. The molecule has 1 saturated heterocycles. The van der Waals surface area contributed by atoms with Crippen molar-refractivity contribution in [3.05, 3.63) is 24.0 Å². The van der Waals surface area contributed by atoms with E-state index in [-0.39, 0.29) is 5.91 Å². The first-order valence-corrected chi connectivity index (χ1v) is 6.89. The highest BCUT2D eigenvalue weighted by molar-refractivity contribution is 5.78. The summed E-state index contributed by atoms with van der Waals surface area (Å²) < 4.78 is 0. The van der Waals surface area contributed by atoms with Crippen LogP contribution in [0.5, 0.6) is 0 Å². The second-order valence-corrected chi connectivity index (χ2v) is 4.98. The van der Waals surface area contributed by atoms with Gasteiger partial charge in [-0.05, 0) is 25.1 Å². The van der Waals surface area contributed by atoms with E-state index in [1.54, 1.807) is 12.3 Å². The van der Waals surface area contributed by atoms with E-state index in [4.69, 9.17) is 5.73 Å². The van der Waals surface area contributed by atoms with E-state index in [9.17, 15) is 4.79 Å². The number of nitrogen functional groups attached to an aromatic ring is 1. The average molecular weight is 262 g/mol. The fourth-order valence-electron chi connectivity index (χ4n) is 2.34. The van der Waals surface area contributed by atoms with E-state index in [2.05, 4.69) is 16.8 Å². The minimum absolute atomic E-state index is 0.161. The predicted molar refractivity (Wildman–Crippen MR) is 75.7 cm³/mol. The van der Waals surface area contributed by atoms with Crippen molar-refractivity contribution in [1.29, 1.82) is 0 Å². The highest BCUT2D eigenvalue weighted by atomic mass is 16.2. The van der Waals surface area contributed by atoms with Gasteiger partial charge in [0.15, 0.2) is 0 Å². The van der Waals surface area contributed by atoms with Crippen LogP contribution in [0.25, 0.3) is 0 Å². The Kier molecular flexibility index (Phi) is 4.74. The minimum atomic E-state index is 0.161. The Morgan fingerprint density at radius 3 is 2.63 bits per heavy atom. The standard InChI is InChI=1S/C14H22N4O/c1-2-5-17-6-8-18(9-7-17)14(19)10-13-4-3-12(15)11-16-13/h3-4,11H,2,5-10,15H2,1H3. The van der Waals surface area contributed by atoms with Crippen LogP contribution in [0, 0.1) is 0 Å². The summed E-state index contributed by atoms with van der Waals surface area (Å²) in [5, 5.41) is 0. The van der Waals surface area contributed by atoms with Gasteiger partial charge in [0, 0.05) is 31.9 Å². The van der Waals surface area contributed by atoms with E-state index in [0.29, 0.717) is 12.1 Å². The largest absolute Gasteiger partial charge is 0.397 e. The van der Waals surface area contributed by atoms with Gasteiger partial charge in [-0.1, -0.05) is 6.92 Å². The van der Waals surface area contributed by atoms with Crippen LogP contribution in [0.3, 0.4) is 0 Å². The number of pyridine rings is 1.